The number of para-hydroxylation sites is 1. The Morgan fingerprint density at radius 1 is 0.800 bits per heavy atom. The summed E-state index contributed by atoms with van der Waals surface area (Å²) in [6, 6.07) is 19.9. The molecule has 1 atom stereocenters. The van der Waals surface area contributed by atoms with Gasteiger partial charge in [0.2, 0.25) is 0 Å². The molecule has 3 nitrogen and oxygen atoms in total. The van der Waals surface area contributed by atoms with E-state index >= 15 is 0 Å². The van der Waals surface area contributed by atoms with Crippen LogP contribution in [0.15, 0.2) is 66.7 Å². The van der Waals surface area contributed by atoms with Gasteiger partial charge in [-0.05, 0) is 72.9 Å². The third-order valence-electron chi connectivity index (χ3n) is 4.53. The molecule has 0 spiro atoms. The monoisotopic (exact) mass is 352 g/mol. The molecule has 0 aliphatic heterocycles. The molecule has 0 aliphatic rings. The Balaban J connectivity index is 1.90. The molecule has 0 bridgehead atoms. The molecule has 25 heavy (non-hydrogen) atoms. The number of hydrogen-bond donors (Lipinski definition) is 1. The van der Waals surface area contributed by atoms with Crippen molar-refractivity contribution in [3.8, 4) is 16.9 Å². The van der Waals surface area contributed by atoms with Crippen molar-refractivity contribution in [1.82, 2.24) is 0 Å². The largest absolute Gasteiger partial charge is 0.421 e. The van der Waals surface area contributed by atoms with Crippen molar-refractivity contribution >= 4 is 12.9 Å². The first-order chi connectivity index (χ1) is 11.9. The molecule has 1 N–H and O–H groups in total. The molecule has 3 aromatic rings. The minimum Gasteiger partial charge on any atom is -0.421 e. The lowest BCUT2D eigenvalue weighted by Gasteiger charge is -2.15. The zero-order chi connectivity index (χ0) is 18.0. The van der Waals surface area contributed by atoms with Crippen molar-refractivity contribution in [2.75, 3.05) is 0 Å². The summed E-state index contributed by atoms with van der Waals surface area (Å²) < 4.78 is 17.8. The van der Waals surface area contributed by atoms with E-state index in [0.717, 1.165) is 11.1 Å². The van der Waals surface area contributed by atoms with Gasteiger partial charge in [0.05, 0.1) is 5.30 Å². The zero-order valence-corrected chi connectivity index (χ0v) is 15.5. The third-order valence-corrected chi connectivity index (χ3v) is 5.94. The normalized spacial score (nSPS) is 13.3. The Hall–Kier alpha value is -2.35. The van der Waals surface area contributed by atoms with Gasteiger partial charge in [-0.2, -0.15) is 0 Å². The summed E-state index contributed by atoms with van der Waals surface area (Å²) in [7, 11) is -3.91. The first-order valence-electron chi connectivity index (χ1n) is 8.14. The van der Waals surface area contributed by atoms with Crippen LogP contribution in [0.5, 0.6) is 5.75 Å². The highest BCUT2D eigenvalue weighted by Gasteiger charge is 2.24. The molecule has 0 heterocycles. The quantitative estimate of drug-likeness (QED) is 0.659. The highest BCUT2D eigenvalue weighted by Crippen LogP contribution is 2.41. The second-order valence-electron chi connectivity index (χ2n) is 6.15. The van der Waals surface area contributed by atoms with Crippen LogP contribution in [-0.2, 0) is 4.57 Å². The molecule has 0 aromatic heterocycles. The first kappa shape index (κ1) is 17.5. The molecule has 0 amide bonds. The lowest BCUT2D eigenvalue weighted by Crippen LogP contribution is -2.08. The van der Waals surface area contributed by atoms with Crippen LogP contribution in [0, 0.1) is 20.8 Å². The van der Waals surface area contributed by atoms with E-state index in [9.17, 15) is 9.46 Å². The van der Waals surface area contributed by atoms with Crippen molar-refractivity contribution in [2.45, 2.75) is 20.8 Å². The average Bonchev–Trinajstić information content (AvgIpc) is 2.60. The van der Waals surface area contributed by atoms with Crippen LogP contribution >= 0.6 is 7.60 Å². The van der Waals surface area contributed by atoms with Crippen molar-refractivity contribution < 1.29 is 14.0 Å². The Labute approximate surface area is 148 Å². The van der Waals surface area contributed by atoms with Crippen LogP contribution in [0.3, 0.4) is 0 Å². The van der Waals surface area contributed by atoms with Gasteiger partial charge < -0.3 is 9.42 Å². The Morgan fingerprint density at radius 2 is 1.44 bits per heavy atom. The maximum atomic E-state index is 12.5. The minimum absolute atomic E-state index is 0.279. The number of aryl methyl sites for hydroxylation is 1. The molecule has 3 aromatic carbocycles. The Bertz CT molecular complexity index is 931. The average molecular weight is 352 g/mol. The fraction of sp³-hybridized carbons (Fsp3) is 0.143. The van der Waals surface area contributed by atoms with Crippen molar-refractivity contribution in [2.24, 2.45) is 0 Å². The second-order valence-corrected chi connectivity index (χ2v) is 7.89. The van der Waals surface area contributed by atoms with Crippen molar-refractivity contribution in [3.05, 3.63) is 83.4 Å². The summed E-state index contributed by atoms with van der Waals surface area (Å²) >= 11 is 0. The molecule has 0 aliphatic carbocycles. The molecule has 0 radical (unpaired) electrons. The van der Waals surface area contributed by atoms with Gasteiger partial charge in [0.25, 0.3) is 0 Å². The molecular formula is C21H21O3P. The van der Waals surface area contributed by atoms with E-state index in [2.05, 4.69) is 32.9 Å². The van der Waals surface area contributed by atoms with E-state index in [0.29, 0.717) is 5.75 Å². The van der Waals surface area contributed by atoms with Crippen LogP contribution in [0.2, 0.25) is 0 Å². The smallest absolute Gasteiger partial charge is 0.408 e. The van der Waals surface area contributed by atoms with E-state index in [1.165, 1.54) is 16.7 Å². The summed E-state index contributed by atoms with van der Waals surface area (Å²) in [5, 5.41) is 0.279. The van der Waals surface area contributed by atoms with Gasteiger partial charge >= 0.3 is 7.60 Å². The van der Waals surface area contributed by atoms with Crippen LogP contribution in [0.4, 0.5) is 0 Å². The van der Waals surface area contributed by atoms with Gasteiger partial charge in [-0.3, -0.25) is 0 Å². The molecule has 128 valence electrons. The fourth-order valence-electron chi connectivity index (χ4n) is 2.78. The van der Waals surface area contributed by atoms with Gasteiger partial charge in [-0.15, -0.1) is 0 Å². The van der Waals surface area contributed by atoms with E-state index in [4.69, 9.17) is 4.52 Å². The van der Waals surface area contributed by atoms with E-state index in [-0.39, 0.29) is 5.30 Å². The molecule has 0 saturated carbocycles. The summed E-state index contributed by atoms with van der Waals surface area (Å²) in [6.07, 6.45) is 0. The highest BCUT2D eigenvalue weighted by molar-refractivity contribution is 7.61. The van der Waals surface area contributed by atoms with E-state index < -0.39 is 7.60 Å². The number of hydrogen-bond acceptors (Lipinski definition) is 2. The first-order valence-corrected chi connectivity index (χ1v) is 9.71. The van der Waals surface area contributed by atoms with Crippen molar-refractivity contribution in [1.29, 1.82) is 0 Å². The lowest BCUT2D eigenvalue weighted by atomic mass is 9.94. The number of benzene rings is 3. The molecular weight excluding hydrogens is 331 g/mol. The predicted molar refractivity (Wildman–Crippen MR) is 103 cm³/mol. The van der Waals surface area contributed by atoms with E-state index in [1.807, 2.05) is 18.2 Å². The molecule has 0 saturated heterocycles. The van der Waals surface area contributed by atoms with Crippen LogP contribution in [0.25, 0.3) is 11.1 Å². The molecule has 1 unspecified atom stereocenters. The SMILES string of the molecule is Cc1ccc(-c2ccc(P(=O)(O)Oc3ccccc3)cc2)c(C)c1C. The highest BCUT2D eigenvalue weighted by atomic mass is 31.2. The second kappa shape index (κ2) is 6.87. The minimum atomic E-state index is -3.91. The zero-order valence-electron chi connectivity index (χ0n) is 14.6. The van der Waals surface area contributed by atoms with Gasteiger partial charge in [0.15, 0.2) is 0 Å². The van der Waals surface area contributed by atoms with Gasteiger partial charge in [0, 0.05) is 0 Å². The molecule has 0 fully saturated rings. The Kier molecular flexibility index (Phi) is 4.80. The molecule has 4 heteroatoms. The standard InChI is InChI=1S/C21H21O3P/c1-15-9-14-21(17(3)16(15)2)18-10-12-20(13-11-18)25(22,23)24-19-7-5-4-6-8-19/h4-14H,1-3H3,(H,22,23). The van der Waals surface area contributed by atoms with Gasteiger partial charge in [-0.25, -0.2) is 4.57 Å². The third kappa shape index (κ3) is 3.68. The van der Waals surface area contributed by atoms with E-state index in [1.54, 1.807) is 36.4 Å². The van der Waals surface area contributed by atoms with Crippen LogP contribution in [0.1, 0.15) is 16.7 Å². The molecule has 3 rings (SSSR count). The van der Waals surface area contributed by atoms with Gasteiger partial charge in [-0.1, -0.05) is 42.5 Å². The summed E-state index contributed by atoms with van der Waals surface area (Å²) in [5.41, 5.74) is 5.90. The topological polar surface area (TPSA) is 46.5 Å². The summed E-state index contributed by atoms with van der Waals surface area (Å²) in [4.78, 5) is 10.3. The summed E-state index contributed by atoms with van der Waals surface area (Å²) in [6.45, 7) is 6.30. The van der Waals surface area contributed by atoms with Crippen molar-refractivity contribution in [3.63, 3.8) is 0 Å². The number of rotatable bonds is 4. The fourth-order valence-corrected chi connectivity index (χ4v) is 3.81. The summed E-state index contributed by atoms with van der Waals surface area (Å²) in [5.74, 6) is 0.377. The van der Waals surface area contributed by atoms with Crippen LogP contribution < -0.4 is 9.83 Å². The van der Waals surface area contributed by atoms with Gasteiger partial charge in [0.1, 0.15) is 5.75 Å². The van der Waals surface area contributed by atoms with Crippen LogP contribution in [-0.4, -0.2) is 4.89 Å². The maximum absolute atomic E-state index is 12.5. The predicted octanol–water partition coefficient (Wildman–Crippen LogP) is 5.17. The maximum Gasteiger partial charge on any atom is 0.408 e. The lowest BCUT2D eigenvalue weighted by molar-refractivity contribution is 0.393. The Morgan fingerprint density at radius 3 is 2.08 bits per heavy atom.